The van der Waals surface area contributed by atoms with Crippen LogP contribution < -0.4 is 5.32 Å². The zero-order chi connectivity index (χ0) is 17.0. The minimum atomic E-state index is -1.09. The van der Waals surface area contributed by atoms with Crippen LogP contribution in [0.5, 0.6) is 0 Å². The minimum Gasteiger partial charge on any atom is -0.383 e. The minimum absolute atomic E-state index is 0.157. The fourth-order valence-corrected chi connectivity index (χ4v) is 3.34. The molecule has 122 valence electrons. The molecule has 0 aliphatic carbocycles. The molecule has 0 spiro atoms. The van der Waals surface area contributed by atoms with E-state index in [1.165, 1.54) is 0 Å². The van der Waals surface area contributed by atoms with Gasteiger partial charge in [0.25, 0.3) is 5.91 Å². The lowest BCUT2D eigenvalue weighted by atomic mass is 9.91. The number of amides is 1. The monoisotopic (exact) mass is 439 g/mol. The van der Waals surface area contributed by atoms with Crippen molar-refractivity contribution in [2.45, 2.75) is 25.9 Å². The van der Waals surface area contributed by atoms with Gasteiger partial charge in [-0.2, -0.15) is 0 Å². The van der Waals surface area contributed by atoms with Gasteiger partial charge in [0.05, 0.1) is 12.1 Å². The molecule has 1 amide bonds. The number of nitrogens with one attached hydrogen (secondary N) is 1. The number of rotatable bonds is 5. The first-order valence-electron chi connectivity index (χ1n) is 7.39. The Morgan fingerprint density at radius 2 is 1.83 bits per heavy atom. The van der Waals surface area contributed by atoms with Crippen molar-refractivity contribution in [3.05, 3.63) is 68.1 Å². The quantitative estimate of drug-likeness (QED) is 0.716. The normalized spacial score (nSPS) is 13.4. The molecule has 2 rings (SSSR count). The van der Waals surface area contributed by atoms with Gasteiger partial charge in [-0.25, -0.2) is 0 Å². The Labute approximate surface area is 153 Å². The molecular weight excluding hydrogens is 422 g/mol. The number of benzene rings is 2. The molecule has 0 saturated heterocycles. The second kappa shape index (κ2) is 7.60. The molecule has 2 aromatic rings. The maximum atomic E-state index is 12.5. The first-order chi connectivity index (χ1) is 10.9. The predicted octanol–water partition coefficient (Wildman–Crippen LogP) is 4.55. The highest BCUT2D eigenvalue weighted by Crippen LogP contribution is 2.26. The molecule has 0 saturated carbocycles. The average molecular weight is 441 g/mol. The van der Waals surface area contributed by atoms with E-state index in [-0.39, 0.29) is 12.5 Å². The third-order valence-electron chi connectivity index (χ3n) is 3.96. The SMILES string of the molecule is CC[C@@](O)(CNC(=O)c1c(C)cccc1Br)c1ccc(Br)cc1. The van der Waals surface area contributed by atoms with Crippen LogP contribution in [0.2, 0.25) is 0 Å². The number of hydrogen-bond acceptors (Lipinski definition) is 2. The number of halogens is 2. The highest BCUT2D eigenvalue weighted by atomic mass is 79.9. The zero-order valence-corrected chi connectivity index (χ0v) is 16.2. The van der Waals surface area contributed by atoms with Crippen molar-refractivity contribution in [3.63, 3.8) is 0 Å². The number of aliphatic hydroxyl groups is 1. The number of aryl methyl sites for hydroxylation is 1. The van der Waals surface area contributed by atoms with Crippen LogP contribution in [0.15, 0.2) is 51.4 Å². The fourth-order valence-electron chi connectivity index (χ4n) is 2.43. The van der Waals surface area contributed by atoms with Gasteiger partial charge in [0.15, 0.2) is 0 Å². The Balaban J connectivity index is 2.17. The van der Waals surface area contributed by atoms with E-state index < -0.39 is 5.60 Å². The van der Waals surface area contributed by atoms with E-state index in [1.807, 2.05) is 56.3 Å². The smallest absolute Gasteiger partial charge is 0.252 e. The van der Waals surface area contributed by atoms with E-state index >= 15 is 0 Å². The largest absolute Gasteiger partial charge is 0.383 e. The summed E-state index contributed by atoms with van der Waals surface area (Å²) in [5.41, 5.74) is 1.18. The average Bonchev–Trinajstić information content (AvgIpc) is 2.53. The van der Waals surface area contributed by atoms with Crippen molar-refractivity contribution in [1.29, 1.82) is 0 Å². The van der Waals surface area contributed by atoms with Crippen LogP contribution >= 0.6 is 31.9 Å². The second-order valence-electron chi connectivity index (χ2n) is 5.51. The lowest BCUT2D eigenvalue weighted by Gasteiger charge is -2.28. The Morgan fingerprint density at radius 1 is 1.17 bits per heavy atom. The summed E-state index contributed by atoms with van der Waals surface area (Å²) in [6.07, 6.45) is 0.504. The number of carbonyl (C=O) groups is 1. The summed E-state index contributed by atoms with van der Waals surface area (Å²) in [5, 5.41) is 13.7. The molecule has 5 heteroatoms. The number of hydrogen-bond donors (Lipinski definition) is 2. The first-order valence-corrected chi connectivity index (χ1v) is 8.97. The summed E-state index contributed by atoms with van der Waals surface area (Å²) in [7, 11) is 0. The maximum absolute atomic E-state index is 12.5. The second-order valence-corrected chi connectivity index (χ2v) is 7.28. The van der Waals surface area contributed by atoms with E-state index in [0.29, 0.717) is 12.0 Å². The molecule has 0 fully saturated rings. The van der Waals surface area contributed by atoms with Gasteiger partial charge in [0.2, 0.25) is 0 Å². The predicted molar refractivity (Wildman–Crippen MR) is 99.5 cm³/mol. The van der Waals surface area contributed by atoms with Gasteiger partial charge in [0, 0.05) is 8.95 Å². The van der Waals surface area contributed by atoms with Gasteiger partial charge in [-0.1, -0.05) is 47.1 Å². The van der Waals surface area contributed by atoms with Crippen LogP contribution in [0, 0.1) is 6.92 Å². The molecule has 2 N–H and O–H groups in total. The number of carbonyl (C=O) groups excluding carboxylic acids is 1. The maximum Gasteiger partial charge on any atom is 0.252 e. The lowest BCUT2D eigenvalue weighted by molar-refractivity contribution is 0.0314. The van der Waals surface area contributed by atoms with Crippen LogP contribution in [0.4, 0.5) is 0 Å². The summed E-state index contributed by atoms with van der Waals surface area (Å²) < 4.78 is 1.70. The summed E-state index contributed by atoms with van der Waals surface area (Å²) in [6.45, 7) is 3.95. The highest BCUT2D eigenvalue weighted by Gasteiger charge is 2.28. The van der Waals surface area contributed by atoms with Crippen molar-refractivity contribution in [2.24, 2.45) is 0 Å². The molecule has 0 unspecified atom stereocenters. The summed E-state index contributed by atoms with van der Waals surface area (Å²) in [6, 6.07) is 13.1. The molecule has 0 heterocycles. The van der Waals surface area contributed by atoms with Crippen molar-refractivity contribution in [2.75, 3.05) is 6.54 Å². The van der Waals surface area contributed by atoms with E-state index in [9.17, 15) is 9.90 Å². The van der Waals surface area contributed by atoms with E-state index in [0.717, 1.165) is 20.1 Å². The van der Waals surface area contributed by atoms with Gasteiger partial charge < -0.3 is 10.4 Å². The summed E-state index contributed by atoms with van der Waals surface area (Å²) >= 11 is 6.80. The Kier molecular flexibility index (Phi) is 6.00. The topological polar surface area (TPSA) is 49.3 Å². The molecule has 0 aliphatic rings. The molecular formula is C18H19Br2NO2. The Bertz CT molecular complexity index is 680. The Morgan fingerprint density at radius 3 is 2.39 bits per heavy atom. The van der Waals surface area contributed by atoms with E-state index in [2.05, 4.69) is 37.2 Å². The lowest BCUT2D eigenvalue weighted by Crippen LogP contribution is -2.40. The molecule has 1 atom stereocenters. The van der Waals surface area contributed by atoms with Crippen LogP contribution in [0.25, 0.3) is 0 Å². The van der Waals surface area contributed by atoms with Crippen LogP contribution in [-0.4, -0.2) is 17.6 Å². The van der Waals surface area contributed by atoms with Crippen molar-refractivity contribution >= 4 is 37.8 Å². The van der Waals surface area contributed by atoms with Gasteiger partial charge >= 0.3 is 0 Å². The van der Waals surface area contributed by atoms with Crippen LogP contribution in [-0.2, 0) is 5.60 Å². The van der Waals surface area contributed by atoms with Crippen molar-refractivity contribution < 1.29 is 9.90 Å². The molecule has 0 aromatic heterocycles. The molecule has 3 nitrogen and oxygen atoms in total. The first kappa shape index (κ1) is 18.2. The van der Waals surface area contributed by atoms with Crippen molar-refractivity contribution in [1.82, 2.24) is 5.32 Å². The Hall–Kier alpha value is -1.17. The van der Waals surface area contributed by atoms with Gasteiger partial charge in [-0.05, 0) is 58.6 Å². The molecule has 0 radical (unpaired) electrons. The molecule has 0 aliphatic heterocycles. The fraction of sp³-hybridized carbons (Fsp3) is 0.278. The third kappa shape index (κ3) is 4.22. The van der Waals surface area contributed by atoms with Crippen molar-refractivity contribution in [3.8, 4) is 0 Å². The zero-order valence-electron chi connectivity index (χ0n) is 13.1. The molecule has 23 heavy (non-hydrogen) atoms. The standard InChI is InChI=1S/C18H19Br2NO2/c1-3-18(23,13-7-9-14(19)10-8-13)11-21-17(22)16-12(2)5-4-6-15(16)20/h4-10,23H,3,11H2,1-2H3,(H,21,22)/t18-/m1/s1. The molecule has 0 bridgehead atoms. The molecule has 2 aromatic carbocycles. The van der Waals surface area contributed by atoms with E-state index in [4.69, 9.17) is 0 Å². The van der Waals surface area contributed by atoms with Crippen LogP contribution in [0.1, 0.15) is 34.8 Å². The van der Waals surface area contributed by atoms with Crippen LogP contribution in [0.3, 0.4) is 0 Å². The summed E-state index contributed by atoms with van der Waals surface area (Å²) in [4.78, 5) is 12.5. The highest BCUT2D eigenvalue weighted by molar-refractivity contribution is 9.10. The van der Waals surface area contributed by atoms with Gasteiger partial charge in [-0.15, -0.1) is 0 Å². The van der Waals surface area contributed by atoms with E-state index in [1.54, 1.807) is 0 Å². The third-order valence-corrected chi connectivity index (χ3v) is 5.15. The van der Waals surface area contributed by atoms with Gasteiger partial charge in [0.1, 0.15) is 5.60 Å². The summed E-state index contributed by atoms with van der Waals surface area (Å²) in [5.74, 6) is -0.195. The van der Waals surface area contributed by atoms with Gasteiger partial charge in [-0.3, -0.25) is 4.79 Å².